The van der Waals surface area contributed by atoms with Gasteiger partial charge < -0.3 is 20.1 Å². The van der Waals surface area contributed by atoms with Crippen LogP contribution in [0.25, 0.3) is 11.1 Å². The molecule has 0 radical (unpaired) electrons. The van der Waals surface area contributed by atoms with E-state index in [1.165, 1.54) is 19.2 Å². The molecule has 6 rings (SSSR count). The van der Waals surface area contributed by atoms with Crippen LogP contribution in [-0.4, -0.2) is 60.6 Å². The number of rotatable bonds is 10. The second-order valence-corrected chi connectivity index (χ2v) is 11.2. The minimum Gasteiger partial charge on any atom is -0.496 e. The van der Waals surface area contributed by atoms with Crippen molar-refractivity contribution >= 4 is 41.3 Å². The lowest BCUT2D eigenvalue weighted by atomic mass is 9.78. The standard InChI is InChI=1S/C32H34ClN3O5/c1-41-29-20-27(26(33)19-24(29)21-37)34-30(38)9-5-6-22-10-11-25(23-7-3-2-4-8-23)28(18-22)36(31(39)40)32-12-15-35(16-13-32)17-14-32/h2-4,7-8,10-11,18-21H,5-6,9,12-17H2,1H3,(H,34,38)(H,39,40). The number of carbonyl (C=O) groups excluding carboxylic acids is 2. The predicted molar refractivity (Wildman–Crippen MR) is 160 cm³/mol. The molecule has 0 aliphatic carbocycles. The Bertz CT molecular complexity index is 1420. The second kappa shape index (κ2) is 12.3. The fraction of sp³-hybridized carbons (Fsp3) is 0.344. The topological polar surface area (TPSA) is 99.2 Å². The summed E-state index contributed by atoms with van der Waals surface area (Å²) in [7, 11) is 1.45. The summed E-state index contributed by atoms with van der Waals surface area (Å²) in [6, 6.07) is 18.9. The fourth-order valence-electron chi connectivity index (χ4n) is 6.08. The minimum absolute atomic E-state index is 0.214. The van der Waals surface area contributed by atoms with E-state index in [-0.39, 0.29) is 17.4 Å². The number of nitrogens with one attached hydrogen (secondary N) is 1. The third-order valence-electron chi connectivity index (χ3n) is 8.32. The average Bonchev–Trinajstić information content (AvgIpc) is 2.99. The van der Waals surface area contributed by atoms with Crippen molar-refractivity contribution in [1.82, 2.24) is 4.90 Å². The number of fused-ring (bicyclic) bond motifs is 3. The van der Waals surface area contributed by atoms with Crippen molar-refractivity contribution in [3.63, 3.8) is 0 Å². The van der Waals surface area contributed by atoms with Gasteiger partial charge in [-0.25, -0.2) is 4.79 Å². The molecule has 3 heterocycles. The second-order valence-electron chi connectivity index (χ2n) is 10.7. The molecular weight excluding hydrogens is 542 g/mol. The molecule has 0 unspecified atom stereocenters. The quantitative estimate of drug-likeness (QED) is 0.267. The normalized spacial score (nSPS) is 19.4. The number of hydrogen-bond acceptors (Lipinski definition) is 5. The maximum Gasteiger partial charge on any atom is 0.412 e. The summed E-state index contributed by atoms with van der Waals surface area (Å²) < 4.78 is 5.21. The molecule has 2 amide bonds. The van der Waals surface area contributed by atoms with Gasteiger partial charge in [0.15, 0.2) is 6.29 Å². The molecule has 2 N–H and O–H groups in total. The van der Waals surface area contributed by atoms with Gasteiger partial charge in [0.25, 0.3) is 0 Å². The number of ether oxygens (including phenoxy) is 1. The van der Waals surface area contributed by atoms with E-state index in [0.717, 1.165) is 55.6 Å². The molecule has 9 heteroatoms. The summed E-state index contributed by atoms with van der Waals surface area (Å²) in [4.78, 5) is 40.9. The van der Waals surface area contributed by atoms with Crippen LogP contribution in [0, 0.1) is 0 Å². The Morgan fingerprint density at radius 1 is 1.07 bits per heavy atom. The number of amides is 2. The Kier molecular flexibility index (Phi) is 8.61. The summed E-state index contributed by atoms with van der Waals surface area (Å²) in [6.07, 6.45) is 3.58. The summed E-state index contributed by atoms with van der Waals surface area (Å²) in [5.41, 5.74) is 3.80. The molecule has 0 atom stereocenters. The van der Waals surface area contributed by atoms with E-state index >= 15 is 0 Å². The van der Waals surface area contributed by atoms with Crippen LogP contribution in [0.3, 0.4) is 0 Å². The van der Waals surface area contributed by atoms with Gasteiger partial charge in [0.2, 0.25) is 5.91 Å². The van der Waals surface area contributed by atoms with E-state index in [2.05, 4.69) is 10.2 Å². The van der Waals surface area contributed by atoms with Crippen molar-refractivity contribution in [1.29, 1.82) is 0 Å². The highest BCUT2D eigenvalue weighted by Gasteiger charge is 2.47. The van der Waals surface area contributed by atoms with Gasteiger partial charge in [-0.2, -0.15) is 0 Å². The molecular formula is C32H34ClN3O5. The average molecular weight is 576 g/mol. The molecule has 2 bridgehead atoms. The van der Waals surface area contributed by atoms with E-state index in [4.69, 9.17) is 16.3 Å². The molecule has 3 aromatic rings. The number of carbonyl (C=O) groups is 3. The van der Waals surface area contributed by atoms with Gasteiger partial charge in [-0.15, -0.1) is 0 Å². The molecule has 3 aromatic carbocycles. The van der Waals surface area contributed by atoms with Gasteiger partial charge in [0.1, 0.15) is 5.75 Å². The summed E-state index contributed by atoms with van der Waals surface area (Å²) >= 11 is 6.25. The number of carboxylic acid groups (broad SMARTS) is 1. The first-order chi connectivity index (χ1) is 19.8. The van der Waals surface area contributed by atoms with Crippen LogP contribution in [0.2, 0.25) is 5.02 Å². The van der Waals surface area contributed by atoms with Crippen LogP contribution in [0.4, 0.5) is 16.2 Å². The summed E-state index contributed by atoms with van der Waals surface area (Å²) in [6.45, 7) is 2.73. The van der Waals surface area contributed by atoms with Gasteiger partial charge in [0, 0.05) is 37.7 Å². The van der Waals surface area contributed by atoms with Gasteiger partial charge in [-0.3, -0.25) is 14.5 Å². The number of halogens is 1. The summed E-state index contributed by atoms with van der Waals surface area (Å²) in [5.74, 6) is 0.116. The molecule has 214 valence electrons. The van der Waals surface area contributed by atoms with E-state index in [1.54, 1.807) is 4.90 Å². The van der Waals surface area contributed by atoms with E-state index in [1.807, 2.05) is 48.5 Å². The highest BCUT2D eigenvalue weighted by Crippen LogP contribution is 2.44. The van der Waals surface area contributed by atoms with Crippen LogP contribution in [0.1, 0.15) is 48.0 Å². The molecule has 8 nitrogen and oxygen atoms in total. The third-order valence-corrected chi connectivity index (χ3v) is 8.64. The lowest BCUT2D eigenvalue weighted by Crippen LogP contribution is -2.62. The number of benzene rings is 3. The van der Waals surface area contributed by atoms with Crippen LogP contribution >= 0.6 is 11.6 Å². The molecule has 3 saturated heterocycles. The lowest BCUT2D eigenvalue weighted by molar-refractivity contribution is -0.116. The van der Waals surface area contributed by atoms with Crippen molar-refractivity contribution in [2.24, 2.45) is 0 Å². The van der Waals surface area contributed by atoms with Crippen LogP contribution in [0.5, 0.6) is 5.75 Å². The zero-order chi connectivity index (χ0) is 29.0. The van der Waals surface area contributed by atoms with Crippen LogP contribution in [-0.2, 0) is 11.2 Å². The lowest BCUT2D eigenvalue weighted by Gasteiger charge is -2.53. The van der Waals surface area contributed by atoms with E-state index in [0.29, 0.717) is 41.8 Å². The van der Waals surface area contributed by atoms with Gasteiger partial charge in [-0.1, -0.05) is 54.1 Å². The van der Waals surface area contributed by atoms with Crippen molar-refractivity contribution < 1.29 is 24.2 Å². The van der Waals surface area contributed by atoms with Crippen molar-refractivity contribution in [3.05, 3.63) is 76.8 Å². The molecule has 0 spiro atoms. The maximum atomic E-state index is 12.9. The van der Waals surface area contributed by atoms with Crippen molar-refractivity contribution in [2.75, 3.05) is 37.0 Å². The Morgan fingerprint density at radius 2 is 1.78 bits per heavy atom. The monoisotopic (exact) mass is 575 g/mol. The SMILES string of the molecule is COc1cc(NC(=O)CCCc2ccc(-c3ccccc3)c(N(C(=O)O)C34CCN(CC3)CC4)c2)c(Cl)cc1C=O. The number of piperidine rings is 3. The number of methoxy groups -OCH3 is 1. The molecule has 3 fully saturated rings. The number of anilines is 2. The van der Waals surface area contributed by atoms with Gasteiger partial charge >= 0.3 is 6.09 Å². The molecule has 3 aliphatic rings. The molecule has 41 heavy (non-hydrogen) atoms. The van der Waals surface area contributed by atoms with Crippen LogP contribution in [0.15, 0.2) is 60.7 Å². The first kappa shape index (κ1) is 28.6. The fourth-order valence-corrected chi connectivity index (χ4v) is 6.30. The Balaban J connectivity index is 1.35. The Hall–Kier alpha value is -3.88. The maximum absolute atomic E-state index is 12.9. The van der Waals surface area contributed by atoms with Crippen molar-refractivity contribution in [3.8, 4) is 16.9 Å². The van der Waals surface area contributed by atoms with E-state index < -0.39 is 11.6 Å². The zero-order valence-electron chi connectivity index (χ0n) is 23.1. The zero-order valence-corrected chi connectivity index (χ0v) is 23.8. The molecule has 3 aliphatic heterocycles. The minimum atomic E-state index is -0.929. The Labute approximate surface area is 244 Å². The molecule has 0 saturated carbocycles. The molecule has 0 aromatic heterocycles. The first-order valence-corrected chi connectivity index (χ1v) is 14.3. The van der Waals surface area contributed by atoms with Gasteiger partial charge in [-0.05, 0) is 55.4 Å². The number of aldehydes is 1. The summed E-state index contributed by atoms with van der Waals surface area (Å²) in [5, 5.41) is 13.6. The first-order valence-electron chi connectivity index (χ1n) is 13.9. The van der Waals surface area contributed by atoms with Crippen LogP contribution < -0.4 is 15.0 Å². The number of nitrogens with zero attached hydrogens (tertiary/aromatic N) is 2. The van der Waals surface area contributed by atoms with Gasteiger partial charge in [0.05, 0.1) is 34.6 Å². The smallest absolute Gasteiger partial charge is 0.412 e. The number of hydrogen-bond donors (Lipinski definition) is 2. The Morgan fingerprint density at radius 3 is 2.41 bits per heavy atom. The number of aryl methyl sites for hydroxylation is 1. The van der Waals surface area contributed by atoms with E-state index in [9.17, 15) is 19.5 Å². The van der Waals surface area contributed by atoms with Crippen molar-refractivity contribution in [2.45, 2.75) is 44.1 Å². The highest BCUT2D eigenvalue weighted by atomic mass is 35.5. The highest BCUT2D eigenvalue weighted by molar-refractivity contribution is 6.34. The third kappa shape index (κ3) is 6.09. The largest absolute Gasteiger partial charge is 0.496 e. The predicted octanol–water partition coefficient (Wildman–Crippen LogP) is 6.51.